The van der Waals surface area contributed by atoms with E-state index in [4.69, 9.17) is 5.73 Å². The largest absolute Gasteiger partial charge is 0.348 e. The van der Waals surface area contributed by atoms with Crippen LogP contribution in [0.15, 0.2) is 24.5 Å². The quantitative estimate of drug-likeness (QED) is 0.895. The number of carbonyl (C=O) groups excluding carboxylic acids is 1. The molecule has 5 heteroatoms. The van der Waals surface area contributed by atoms with Crippen molar-refractivity contribution in [1.29, 1.82) is 0 Å². The summed E-state index contributed by atoms with van der Waals surface area (Å²) in [6.07, 6.45) is 8.36. The number of nitrogens with two attached hydrogens (primary N) is 1. The summed E-state index contributed by atoms with van der Waals surface area (Å²) in [5.74, 6) is -0.0291. The molecule has 0 saturated heterocycles. The first-order valence-corrected chi connectivity index (χ1v) is 6.62. The number of amides is 1. The van der Waals surface area contributed by atoms with Gasteiger partial charge in [-0.2, -0.15) is 0 Å². The molecule has 19 heavy (non-hydrogen) atoms. The molecule has 1 saturated carbocycles. The van der Waals surface area contributed by atoms with E-state index in [2.05, 4.69) is 10.3 Å². The van der Waals surface area contributed by atoms with Crippen molar-refractivity contribution in [3.8, 4) is 0 Å². The lowest BCUT2D eigenvalue weighted by molar-refractivity contribution is -0.128. The number of hydrogen-bond donors (Lipinski definition) is 2. The molecular weight excluding hydrogens is 262 g/mol. The van der Waals surface area contributed by atoms with Crippen molar-refractivity contribution in [2.24, 2.45) is 5.73 Å². The van der Waals surface area contributed by atoms with Gasteiger partial charge in [-0.25, -0.2) is 0 Å². The Kier molecular flexibility index (Phi) is 5.76. The Morgan fingerprint density at radius 1 is 1.42 bits per heavy atom. The van der Waals surface area contributed by atoms with E-state index < -0.39 is 5.54 Å². The molecule has 1 unspecified atom stereocenters. The van der Waals surface area contributed by atoms with Gasteiger partial charge in [0.1, 0.15) is 0 Å². The summed E-state index contributed by atoms with van der Waals surface area (Å²) in [6, 6.07) is 3.78. The third kappa shape index (κ3) is 3.91. The maximum absolute atomic E-state index is 12.2. The summed E-state index contributed by atoms with van der Waals surface area (Å²) in [6.45, 7) is 1.96. The highest BCUT2D eigenvalue weighted by Gasteiger charge is 2.35. The Morgan fingerprint density at radius 3 is 2.68 bits per heavy atom. The van der Waals surface area contributed by atoms with Gasteiger partial charge < -0.3 is 11.1 Å². The van der Waals surface area contributed by atoms with Crippen molar-refractivity contribution < 1.29 is 4.79 Å². The van der Waals surface area contributed by atoms with Crippen molar-refractivity contribution in [1.82, 2.24) is 10.3 Å². The predicted molar refractivity (Wildman–Crippen MR) is 78.0 cm³/mol. The number of hydrogen-bond acceptors (Lipinski definition) is 3. The average Bonchev–Trinajstić information content (AvgIpc) is 2.40. The second-order valence-corrected chi connectivity index (χ2v) is 5.20. The first kappa shape index (κ1) is 15.9. The molecule has 0 aliphatic heterocycles. The molecule has 1 aliphatic rings. The number of halogens is 1. The fourth-order valence-electron chi connectivity index (χ4n) is 2.47. The lowest BCUT2D eigenvalue weighted by Gasteiger charge is -2.33. The van der Waals surface area contributed by atoms with Crippen LogP contribution in [0.5, 0.6) is 0 Å². The maximum Gasteiger partial charge on any atom is 0.240 e. The Labute approximate surface area is 120 Å². The SMILES string of the molecule is CC(NC(=O)C1(N)CCCCC1)c1cccnc1.Cl. The second-order valence-electron chi connectivity index (χ2n) is 5.20. The van der Waals surface area contributed by atoms with Crippen LogP contribution >= 0.6 is 12.4 Å². The molecule has 0 aromatic carbocycles. The predicted octanol–water partition coefficient (Wildman–Crippen LogP) is 2.34. The highest BCUT2D eigenvalue weighted by Crippen LogP contribution is 2.26. The molecule has 0 bridgehead atoms. The van der Waals surface area contributed by atoms with Gasteiger partial charge in [-0.15, -0.1) is 12.4 Å². The molecule has 4 nitrogen and oxygen atoms in total. The Balaban J connectivity index is 0.00000180. The van der Waals surface area contributed by atoms with Gasteiger partial charge in [0, 0.05) is 12.4 Å². The molecule has 1 fully saturated rings. The van der Waals surface area contributed by atoms with Crippen molar-refractivity contribution >= 4 is 18.3 Å². The maximum atomic E-state index is 12.2. The van der Waals surface area contributed by atoms with E-state index in [1.54, 1.807) is 12.4 Å². The number of nitrogens with one attached hydrogen (secondary N) is 1. The van der Waals surface area contributed by atoms with Crippen LogP contribution in [-0.4, -0.2) is 16.4 Å². The van der Waals surface area contributed by atoms with Crippen LogP contribution in [0.3, 0.4) is 0 Å². The number of carbonyl (C=O) groups is 1. The van der Waals surface area contributed by atoms with Crippen LogP contribution in [0.25, 0.3) is 0 Å². The molecule has 3 N–H and O–H groups in total. The Bertz CT molecular complexity index is 404. The first-order valence-electron chi connectivity index (χ1n) is 6.62. The fraction of sp³-hybridized carbons (Fsp3) is 0.571. The molecule has 0 radical (unpaired) electrons. The molecule has 0 spiro atoms. The highest BCUT2D eigenvalue weighted by atomic mass is 35.5. The topological polar surface area (TPSA) is 68.0 Å². The molecule has 2 rings (SSSR count). The van der Waals surface area contributed by atoms with Gasteiger partial charge in [-0.1, -0.05) is 25.3 Å². The van der Waals surface area contributed by atoms with Crippen LogP contribution in [0, 0.1) is 0 Å². The van der Waals surface area contributed by atoms with E-state index in [1.165, 1.54) is 6.42 Å². The van der Waals surface area contributed by atoms with Gasteiger partial charge in [0.05, 0.1) is 11.6 Å². The van der Waals surface area contributed by atoms with E-state index >= 15 is 0 Å². The molecule has 1 atom stereocenters. The zero-order valence-electron chi connectivity index (χ0n) is 11.3. The van der Waals surface area contributed by atoms with Gasteiger partial charge in [0.2, 0.25) is 5.91 Å². The van der Waals surface area contributed by atoms with E-state index in [0.29, 0.717) is 0 Å². The van der Waals surface area contributed by atoms with Crippen LogP contribution in [0.2, 0.25) is 0 Å². The average molecular weight is 284 g/mol. The van der Waals surface area contributed by atoms with E-state index in [-0.39, 0.29) is 24.4 Å². The summed E-state index contributed by atoms with van der Waals surface area (Å²) in [5, 5.41) is 3.00. The van der Waals surface area contributed by atoms with Crippen molar-refractivity contribution in [2.45, 2.75) is 50.6 Å². The van der Waals surface area contributed by atoms with Gasteiger partial charge >= 0.3 is 0 Å². The number of nitrogens with zero attached hydrogens (tertiary/aromatic N) is 1. The zero-order chi connectivity index (χ0) is 13.0. The number of aromatic nitrogens is 1. The highest BCUT2D eigenvalue weighted by molar-refractivity contribution is 5.86. The standard InChI is InChI=1S/C14H21N3O.ClH/c1-11(12-6-5-9-16-10-12)17-13(18)14(15)7-3-2-4-8-14;/h5-6,9-11H,2-4,7-8,15H2,1H3,(H,17,18);1H. The molecule has 1 amide bonds. The third-order valence-corrected chi connectivity index (χ3v) is 3.73. The third-order valence-electron chi connectivity index (χ3n) is 3.73. The fourth-order valence-corrected chi connectivity index (χ4v) is 2.47. The first-order chi connectivity index (χ1) is 8.62. The molecule has 1 aromatic heterocycles. The van der Waals surface area contributed by atoms with Gasteiger partial charge in [0.15, 0.2) is 0 Å². The Hall–Kier alpha value is -1.13. The zero-order valence-corrected chi connectivity index (χ0v) is 12.1. The lowest BCUT2D eigenvalue weighted by Crippen LogP contribution is -2.55. The summed E-state index contributed by atoms with van der Waals surface area (Å²) in [4.78, 5) is 16.3. The lowest BCUT2D eigenvalue weighted by atomic mass is 9.81. The summed E-state index contributed by atoms with van der Waals surface area (Å²) < 4.78 is 0. The summed E-state index contributed by atoms with van der Waals surface area (Å²) in [5.41, 5.74) is 6.53. The number of rotatable bonds is 3. The normalized spacial score (nSPS) is 19.1. The van der Waals surface area contributed by atoms with Crippen molar-refractivity contribution in [3.63, 3.8) is 0 Å². The Morgan fingerprint density at radius 2 is 2.11 bits per heavy atom. The monoisotopic (exact) mass is 283 g/mol. The smallest absolute Gasteiger partial charge is 0.240 e. The van der Waals surface area contributed by atoms with Gasteiger partial charge in [0.25, 0.3) is 0 Å². The van der Waals surface area contributed by atoms with E-state index in [1.807, 2.05) is 19.1 Å². The minimum Gasteiger partial charge on any atom is -0.348 e. The molecule has 106 valence electrons. The second kappa shape index (κ2) is 6.87. The van der Waals surface area contributed by atoms with Crippen LogP contribution < -0.4 is 11.1 Å². The van der Waals surface area contributed by atoms with E-state index in [0.717, 1.165) is 31.2 Å². The summed E-state index contributed by atoms with van der Waals surface area (Å²) in [7, 11) is 0. The molecule has 1 heterocycles. The minimum absolute atomic E-state index is 0. The van der Waals surface area contributed by atoms with E-state index in [9.17, 15) is 4.79 Å². The van der Waals surface area contributed by atoms with Crippen LogP contribution in [-0.2, 0) is 4.79 Å². The molecular formula is C14H22ClN3O. The van der Waals surface area contributed by atoms with Gasteiger partial charge in [-0.3, -0.25) is 9.78 Å². The van der Waals surface area contributed by atoms with Crippen LogP contribution in [0.4, 0.5) is 0 Å². The summed E-state index contributed by atoms with van der Waals surface area (Å²) >= 11 is 0. The molecule has 1 aromatic rings. The van der Waals surface area contributed by atoms with Crippen molar-refractivity contribution in [2.75, 3.05) is 0 Å². The van der Waals surface area contributed by atoms with Gasteiger partial charge in [-0.05, 0) is 31.4 Å². The number of pyridine rings is 1. The van der Waals surface area contributed by atoms with Crippen LogP contribution in [0.1, 0.15) is 50.6 Å². The molecule has 1 aliphatic carbocycles. The minimum atomic E-state index is -0.672. The van der Waals surface area contributed by atoms with Crippen molar-refractivity contribution in [3.05, 3.63) is 30.1 Å².